The maximum Gasteiger partial charge on any atom is 0.338 e. The van der Waals surface area contributed by atoms with E-state index in [1.165, 1.54) is 34.1 Å². The Kier molecular flexibility index (Phi) is 6.67. The van der Waals surface area contributed by atoms with Crippen molar-refractivity contribution in [2.75, 3.05) is 6.61 Å². The minimum Gasteiger partial charge on any atom is -0.463 e. The van der Waals surface area contributed by atoms with Crippen molar-refractivity contribution >= 4 is 52.0 Å². The third-order valence-electron chi connectivity index (χ3n) is 5.65. The van der Waals surface area contributed by atoms with Gasteiger partial charge in [-0.25, -0.2) is 9.79 Å². The Morgan fingerprint density at radius 3 is 2.84 bits per heavy atom. The molecule has 37 heavy (non-hydrogen) atoms. The van der Waals surface area contributed by atoms with Crippen molar-refractivity contribution in [3.63, 3.8) is 0 Å². The van der Waals surface area contributed by atoms with Crippen molar-refractivity contribution < 1.29 is 18.9 Å². The number of nitrogens with zero attached hydrogens (tertiary/aromatic N) is 3. The number of hydrogen-bond acceptors (Lipinski definition) is 9. The van der Waals surface area contributed by atoms with Gasteiger partial charge < -0.3 is 9.15 Å². The molecule has 1 unspecified atom stereocenters. The molecule has 3 aromatic heterocycles. The zero-order chi connectivity index (χ0) is 26.3. The maximum atomic E-state index is 13.6. The fourth-order valence-corrected chi connectivity index (χ4v) is 6.09. The van der Waals surface area contributed by atoms with Crippen LogP contribution in [0, 0.1) is 10.1 Å². The topological polar surface area (TPSA) is 117 Å². The van der Waals surface area contributed by atoms with Crippen molar-refractivity contribution in [2.24, 2.45) is 4.99 Å². The van der Waals surface area contributed by atoms with Gasteiger partial charge in [0.25, 0.3) is 11.2 Å². The number of allylic oxidation sites excluding steroid dienone is 1. The summed E-state index contributed by atoms with van der Waals surface area (Å²) < 4.78 is 13.0. The number of thiophene rings is 1. The van der Waals surface area contributed by atoms with Crippen molar-refractivity contribution in [3.05, 3.63) is 105 Å². The molecule has 0 spiro atoms. The van der Waals surface area contributed by atoms with E-state index in [9.17, 15) is 19.7 Å². The van der Waals surface area contributed by atoms with Gasteiger partial charge in [0.1, 0.15) is 17.6 Å². The molecular weight excluding hydrogens is 538 g/mol. The van der Waals surface area contributed by atoms with Gasteiger partial charge in [0.2, 0.25) is 0 Å². The smallest absolute Gasteiger partial charge is 0.338 e. The number of carbonyl (C=O) groups excluding carboxylic acids is 1. The number of carbonyl (C=O) groups is 1. The van der Waals surface area contributed by atoms with Crippen molar-refractivity contribution in [3.8, 4) is 11.3 Å². The summed E-state index contributed by atoms with van der Waals surface area (Å²) >= 11 is 8.51. The average Bonchev–Trinajstić information content (AvgIpc) is 3.60. The van der Waals surface area contributed by atoms with Gasteiger partial charge >= 0.3 is 5.97 Å². The molecule has 1 aromatic carbocycles. The second-order valence-corrected chi connectivity index (χ2v) is 10.4. The highest BCUT2D eigenvalue weighted by Crippen LogP contribution is 2.34. The summed E-state index contributed by atoms with van der Waals surface area (Å²) in [6, 6.07) is 10.6. The van der Waals surface area contributed by atoms with E-state index >= 15 is 0 Å². The summed E-state index contributed by atoms with van der Waals surface area (Å²) in [5.74, 6) is 0.0782. The molecule has 4 aromatic rings. The molecule has 188 valence electrons. The molecule has 0 amide bonds. The van der Waals surface area contributed by atoms with E-state index in [1.54, 1.807) is 32.1 Å². The van der Waals surface area contributed by atoms with Gasteiger partial charge in [0, 0.05) is 22.0 Å². The number of thiazole rings is 1. The molecule has 1 aliphatic rings. The van der Waals surface area contributed by atoms with E-state index in [0.717, 1.165) is 16.2 Å². The van der Waals surface area contributed by atoms with E-state index in [0.29, 0.717) is 26.4 Å². The summed E-state index contributed by atoms with van der Waals surface area (Å²) in [6.45, 7) is 3.64. The largest absolute Gasteiger partial charge is 0.463 e. The van der Waals surface area contributed by atoms with E-state index in [4.69, 9.17) is 20.8 Å². The number of rotatable bonds is 6. The van der Waals surface area contributed by atoms with Gasteiger partial charge in [-0.1, -0.05) is 29.0 Å². The van der Waals surface area contributed by atoms with Gasteiger partial charge in [-0.15, -0.1) is 11.3 Å². The highest BCUT2D eigenvalue weighted by atomic mass is 35.5. The number of nitro groups is 1. The molecule has 9 nitrogen and oxygen atoms in total. The van der Waals surface area contributed by atoms with Crippen molar-refractivity contribution in [1.29, 1.82) is 0 Å². The Morgan fingerprint density at radius 2 is 2.14 bits per heavy atom. The van der Waals surface area contributed by atoms with Crippen molar-refractivity contribution in [1.82, 2.24) is 4.57 Å². The monoisotopic (exact) mass is 555 g/mol. The molecule has 1 aliphatic heterocycles. The van der Waals surface area contributed by atoms with E-state index in [-0.39, 0.29) is 34.2 Å². The van der Waals surface area contributed by atoms with Crippen LogP contribution in [0.3, 0.4) is 0 Å². The Hall–Kier alpha value is -3.80. The molecule has 1 atom stereocenters. The quantitative estimate of drug-likeness (QED) is 0.194. The minimum atomic E-state index is -0.665. The third-order valence-corrected chi connectivity index (χ3v) is 7.79. The van der Waals surface area contributed by atoms with E-state index in [2.05, 4.69) is 4.99 Å². The van der Waals surface area contributed by atoms with Gasteiger partial charge in [-0.3, -0.25) is 19.5 Å². The molecule has 0 fully saturated rings. The van der Waals surface area contributed by atoms with Crippen LogP contribution >= 0.6 is 34.3 Å². The Balaban J connectivity index is 1.62. The van der Waals surface area contributed by atoms with Crippen LogP contribution in [0.5, 0.6) is 0 Å². The highest BCUT2D eigenvalue weighted by molar-refractivity contribution is 7.10. The number of furan rings is 1. The van der Waals surface area contributed by atoms with Crippen molar-refractivity contribution in [2.45, 2.75) is 19.9 Å². The molecule has 5 rings (SSSR count). The van der Waals surface area contributed by atoms with Crippen LogP contribution in [0.4, 0.5) is 5.69 Å². The van der Waals surface area contributed by atoms with Crippen LogP contribution in [0.1, 0.15) is 30.5 Å². The fourth-order valence-electron chi connectivity index (χ4n) is 4.08. The fraction of sp³-hybridized carbons (Fsp3) is 0.160. The molecule has 0 N–H and O–H groups in total. The molecule has 0 radical (unpaired) electrons. The maximum absolute atomic E-state index is 13.6. The lowest BCUT2D eigenvalue weighted by atomic mass is 10.0. The molecule has 4 heterocycles. The number of ether oxygens (including phenoxy) is 1. The third kappa shape index (κ3) is 4.57. The molecule has 0 saturated carbocycles. The first-order valence-electron chi connectivity index (χ1n) is 11.1. The number of benzene rings is 1. The first-order valence-corrected chi connectivity index (χ1v) is 13.1. The zero-order valence-corrected chi connectivity index (χ0v) is 21.9. The van der Waals surface area contributed by atoms with Gasteiger partial charge in [-0.05, 0) is 49.6 Å². The minimum absolute atomic E-state index is 0.189. The second kappa shape index (κ2) is 9.92. The lowest BCUT2D eigenvalue weighted by molar-refractivity contribution is -0.384. The molecular formula is C25H18ClN3O6S2. The molecule has 0 aliphatic carbocycles. The van der Waals surface area contributed by atoms with Crippen LogP contribution in [0.2, 0.25) is 5.02 Å². The number of esters is 1. The lowest BCUT2D eigenvalue weighted by Crippen LogP contribution is -2.39. The summed E-state index contributed by atoms with van der Waals surface area (Å²) in [6.07, 6.45) is 1.56. The number of nitro benzene ring substituents is 1. The van der Waals surface area contributed by atoms with Crippen LogP contribution in [-0.4, -0.2) is 22.1 Å². The zero-order valence-electron chi connectivity index (χ0n) is 19.5. The average molecular weight is 556 g/mol. The SMILES string of the molecule is CCOC(=O)C1=C(C)N=c2s/c(=C\c3ccc(-c4ccc(Cl)cc4[N+](=O)[O-])o3)c(=O)n2C1c1cccs1. The number of fused-ring (bicyclic) bond motifs is 1. The molecule has 0 bridgehead atoms. The first-order chi connectivity index (χ1) is 17.8. The van der Waals surface area contributed by atoms with Crippen LogP contribution in [-0.2, 0) is 9.53 Å². The molecule has 12 heteroatoms. The van der Waals surface area contributed by atoms with Gasteiger partial charge in [0.15, 0.2) is 4.80 Å². The number of hydrogen-bond donors (Lipinski definition) is 0. The summed E-state index contributed by atoms with van der Waals surface area (Å²) in [7, 11) is 0. The Bertz CT molecular complexity index is 1750. The normalized spacial score (nSPS) is 15.4. The second-order valence-electron chi connectivity index (χ2n) is 7.94. The number of aromatic nitrogens is 1. The van der Waals surface area contributed by atoms with Crippen LogP contribution in [0.15, 0.2) is 73.3 Å². The Labute approximate surface area is 222 Å². The predicted octanol–water partition coefficient (Wildman–Crippen LogP) is 4.68. The van der Waals surface area contributed by atoms with Crippen LogP contribution in [0.25, 0.3) is 17.4 Å². The standard InChI is InChI=1S/C25H18ClN3O6S2/c1-3-34-24(31)21-13(2)27-25-28(22(21)19-5-4-10-36-19)23(30)20(37-25)12-15-7-9-18(35-15)16-8-6-14(26)11-17(16)29(32)33/h4-12,22H,3H2,1-2H3/b20-12-. The lowest BCUT2D eigenvalue weighted by Gasteiger charge is -2.23. The van der Waals surface area contributed by atoms with Gasteiger partial charge in [-0.2, -0.15) is 0 Å². The number of halogens is 1. The van der Waals surface area contributed by atoms with E-state index < -0.39 is 16.9 Å². The summed E-state index contributed by atoms with van der Waals surface area (Å²) in [4.78, 5) is 43.2. The highest BCUT2D eigenvalue weighted by Gasteiger charge is 2.34. The molecule has 0 saturated heterocycles. The Morgan fingerprint density at radius 1 is 1.32 bits per heavy atom. The van der Waals surface area contributed by atoms with Crippen LogP contribution < -0.4 is 14.9 Å². The summed E-state index contributed by atoms with van der Waals surface area (Å²) in [5, 5.41) is 13.6. The van der Waals surface area contributed by atoms with Gasteiger partial charge in [0.05, 0.1) is 32.9 Å². The first kappa shape index (κ1) is 24.9. The predicted molar refractivity (Wildman–Crippen MR) is 141 cm³/mol. The van der Waals surface area contributed by atoms with E-state index in [1.807, 2.05) is 17.5 Å². The summed E-state index contributed by atoms with van der Waals surface area (Å²) in [5.41, 5.74) is 0.541.